The molecule has 2 radical (unpaired) electrons. The highest BCUT2D eigenvalue weighted by atomic mass is 13.9. The molecule has 0 heterocycles. The first-order valence-corrected chi connectivity index (χ1v) is 3.84. The lowest BCUT2D eigenvalue weighted by Gasteiger charge is -1.95. The first kappa shape index (κ1) is 8.06. The average Bonchev–Trinajstić information content (AvgIpc) is 2.07. The van der Waals surface area contributed by atoms with Crippen LogP contribution in [0.5, 0.6) is 0 Å². The van der Waals surface area contributed by atoms with E-state index in [0.29, 0.717) is 0 Å². The molecule has 0 aliphatic rings. The predicted octanol–water partition coefficient (Wildman–Crippen LogP) is 2.89. The van der Waals surface area contributed by atoms with Gasteiger partial charge in [0, 0.05) is 0 Å². The Labute approximate surface area is 68.6 Å². The van der Waals surface area contributed by atoms with E-state index in [1.807, 2.05) is 12.1 Å². The van der Waals surface area contributed by atoms with Crippen molar-refractivity contribution in [2.75, 3.05) is 0 Å². The standard InChI is InChI=1S/C11H12/c1-2-3-5-8-11-9-6-4-7-10-11/h1-4,6-7,9-10H,5,8H2/b3-2+. The van der Waals surface area contributed by atoms with Crippen LogP contribution in [0.25, 0.3) is 0 Å². The van der Waals surface area contributed by atoms with E-state index in [1.165, 1.54) is 5.56 Å². The topological polar surface area (TPSA) is 0 Å². The van der Waals surface area contributed by atoms with Gasteiger partial charge >= 0.3 is 0 Å². The molecular weight excluding hydrogens is 132 g/mol. The first-order chi connectivity index (χ1) is 5.43. The zero-order chi connectivity index (χ0) is 7.94. The fourth-order valence-corrected chi connectivity index (χ4v) is 0.991. The van der Waals surface area contributed by atoms with Crippen LogP contribution in [0.2, 0.25) is 0 Å². The van der Waals surface area contributed by atoms with Gasteiger partial charge in [0.05, 0.1) is 0 Å². The van der Waals surface area contributed by atoms with Crippen molar-refractivity contribution < 1.29 is 0 Å². The Morgan fingerprint density at radius 1 is 1.18 bits per heavy atom. The maximum Gasteiger partial charge on any atom is -0.00958 e. The van der Waals surface area contributed by atoms with Crippen LogP contribution in [0, 0.1) is 6.92 Å². The van der Waals surface area contributed by atoms with Gasteiger partial charge in [0.1, 0.15) is 0 Å². The SMILES string of the molecule is [CH]/C=C/CCc1ccccc1. The average molecular weight is 144 g/mol. The molecule has 1 aromatic rings. The third-order valence-electron chi connectivity index (χ3n) is 1.58. The second-order valence-corrected chi connectivity index (χ2v) is 2.45. The van der Waals surface area contributed by atoms with E-state index in [4.69, 9.17) is 6.92 Å². The number of hydrogen-bond donors (Lipinski definition) is 0. The van der Waals surface area contributed by atoms with Gasteiger partial charge in [-0.05, 0) is 25.3 Å². The lowest BCUT2D eigenvalue weighted by atomic mass is 10.1. The number of allylic oxidation sites excluding steroid dienone is 2. The molecule has 0 aliphatic carbocycles. The fourth-order valence-electron chi connectivity index (χ4n) is 0.991. The molecule has 1 aromatic carbocycles. The molecule has 0 heteroatoms. The highest BCUT2D eigenvalue weighted by Gasteiger charge is 1.86. The lowest BCUT2D eigenvalue weighted by molar-refractivity contribution is 1.00. The minimum Gasteiger partial charge on any atom is -0.0879 e. The predicted molar refractivity (Wildman–Crippen MR) is 48.2 cm³/mol. The van der Waals surface area contributed by atoms with Gasteiger partial charge in [-0.3, -0.25) is 0 Å². The smallest absolute Gasteiger partial charge is 0.00958 e. The maximum absolute atomic E-state index is 5.21. The van der Waals surface area contributed by atoms with Crippen molar-refractivity contribution in [1.82, 2.24) is 0 Å². The highest BCUT2D eigenvalue weighted by Crippen LogP contribution is 2.02. The molecule has 0 fully saturated rings. The van der Waals surface area contributed by atoms with Crippen molar-refractivity contribution in [1.29, 1.82) is 0 Å². The minimum absolute atomic E-state index is 1.03. The molecule has 0 spiro atoms. The molecule has 0 bridgehead atoms. The molecule has 0 nitrogen and oxygen atoms in total. The van der Waals surface area contributed by atoms with Crippen LogP contribution in [-0.2, 0) is 6.42 Å². The van der Waals surface area contributed by atoms with Gasteiger partial charge in [-0.15, -0.1) is 0 Å². The molecule has 0 saturated carbocycles. The number of hydrogen-bond acceptors (Lipinski definition) is 0. The van der Waals surface area contributed by atoms with Crippen molar-refractivity contribution in [3.63, 3.8) is 0 Å². The van der Waals surface area contributed by atoms with Crippen molar-refractivity contribution in [2.45, 2.75) is 12.8 Å². The Kier molecular flexibility index (Phi) is 3.46. The number of aryl methyl sites for hydroxylation is 1. The Bertz CT molecular complexity index is 209. The zero-order valence-electron chi connectivity index (χ0n) is 6.53. The lowest BCUT2D eigenvalue weighted by Crippen LogP contribution is -1.80. The summed E-state index contributed by atoms with van der Waals surface area (Å²) in [6.07, 6.45) is 5.69. The normalized spacial score (nSPS) is 10.6. The molecule has 0 amide bonds. The van der Waals surface area contributed by atoms with Crippen LogP contribution in [0.3, 0.4) is 0 Å². The van der Waals surface area contributed by atoms with Crippen LogP contribution < -0.4 is 0 Å². The van der Waals surface area contributed by atoms with E-state index in [0.717, 1.165) is 12.8 Å². The van der Waals surface area contributed by atoms with Gasteiger partial charge < -0.3 is 0 Å². The summed E-state index contributed by atoms with van der Waals surface area (Å²) in [5.74, 6) is 0. The Balaban J connectivity index is 2.39. The monoisotopic (exact) mass is 144 g/mol. The first-order valence-electron chi connectivity index (χ1n) is 3.84. The minimum atomic E-state index is 1.03. The maximum atomic E-state index is 5.21. The molecule has 1 rings (SSSR count). The van der Waals surface area contributed by atoms with Crippen LogP contribution in [0.1, 0.15) is 12.0 Å². The molecule has 0 unspecified atom stereocenters. The van der Waals surface area contributed by atoms with Crippen LogP contribution in [0.15, 0.2) is 42.5 Å². The van der Waals surface area contributed by atoms with E-state index in [2.05, 4.69) is 24.3 Å². The highest BCUT2D eigenvalue weighted by molar-refractivity contribution is 5.15. The Morgan fingerprint density at radius 3 is 2.55 bits per heavy atom. The summed E-state index contributed by atoms with van der Waals surface area (Å²) in [6, 6.07) is 10.4. The Hall–Kier alpha value is -1.04. The van der Waals surface area contributed by atoms with Crippen LogP contribution >= 0.6 is 0 Å². The molecule has 56 valence electrons. The second-order valence-electron chi connectivity index (χ2n) is 2.45. The van der Waals surface area contributed by atoms with Crippen molar-refractivity contribution >= 4 is 0 Å². The number of rotatable bonds is 3. The van der Waals surface area contributed by atoms with E-state index < -0.39 is 0 Å². The van der Waals surface area contributed by atoms with Crippen LogP contribution in [-0.4, -0.2) is 0 Å². The van der Waals surface area contributed by atoms with E-state index >= 15 is 0 Å². The third kappa shape index (κ3) is 3.03. The summed E-state index contributed by atoms with van der Waals surface area (Å²) in [6.45, 7) is 5.21. The van der Waals surface area contributed by atoms with Gasteiger partial charge in [-0.2, -0.15) is 0 Å². The van der Waals surface area contributed by atoms with E-state index in [9.17, 15) is 0 Å². The molecule has 0 saturated heterocycles. The van der Waals surface area contributed by atoms with E-state index in [1.54, 1.807) is 6.08 Å². The molecule has 0 atom stereocenters. The summed E-state index contributed by atoms with van der Waals surface area (Å²) < 4.78 is 0. The quantitative estimate of drug-likeness (QED) is 0.612. The van der Waals surface area contributed by atoms with Gasteiger partial charge in [-0.25, -0.2) is 0 Å². The van der Waals surface area contributed by atoms with Gasteiger partial charge in [-0.1, -0.05) is 42.5 Å². The van der Waals surface area contributed by atoms with Gasteiger partial charge in [0.2, 0.25) is 0 Å². The van der Waals surface area contributed by atoms with Crippen LogP contribution in [0.4, 0.5) is 0 Å². The van der Waals surface area contributed by atoms with Gasteiger partial charge in [0.25, 0.3) is 0 Å². The Morgan fingerprint density at radius 2 is 1.91 bits per heavy atom. The summed E-state index contributed by atoms with van der Waals surface area (Å²) in [4.78, 5) is 0. The van der Waals surface area contributed by atoms with Crippen molar-refractivity contribution in [2.24, 2.45) is 0 Å². The second kappa shape index (κ2) is 4.73. The molecule has 0 aliphatic heterocycles. The molecule has 0 aromatic heterocycles. The summed E-state index contributed by atoms with van der Waals surface area (Å²) in [7, 11) is 0. The largest absolute Gasteiger partial charge is 0.0879 e. The number of benzene rings is 1. The third-order valence-corrected chi connectivity index (χ3v) is 1.58. The van der Waals surface area contributed by atoms with Crippen molar-refractivity contribution in [3.8, 4) is 0 Å². The molecular formula is C11H12. The zero-order valence-corrected chi connectivity index (χ0v) is 6.53. The summed E-state index contributed by atoms with van der Waals surface area (Å²) in [5, 5.41) is 0. The van der Waals surface area contributed by atoms with Crippen molar-refractivity contribution in [3.05, 3.63) is 55.0 Å². The van der Waals surface area contributed by atoms with E-state index in [-0.39, 0.29) is 0 Å². The fraction of sp³-hybridized carbons (Fsp3) is 0.182. The molecule has 11 heavy (non-hydrogen) atoms. The summed E-state index contributed by atoms with van der Waals surface area (Å²) >= 11 is 0. The van der Waals surface area contributed by atoms with Gasteiger partial charge in [0.15, 0.2) is 0 Å². The molecule has 0 N–H and O–H groups in total. The summed E-state index contributed by atoms with van der Waals surface area (Å²) in [5.41, 5.74) is 1.37.